The van der Waals surface area contributed by atoms with E-state index in [1.54, 1.807) is 66.6 Å². The van der Waals surface area contributed by atoms with Gasteiger partial charge >= 0.3 is 0 Å². The zero-order valence-corrected chi connectivity index (χ0v) is 23.2. The third-order valence-electron chi connectivity index (χ3n) is 5.70. The summed E-state index contributed by atoms with van der Waals surface area (Å²) >= 11 is 0. The fourth-order valence-corrected chi connectivity index (χ4v) is 4.89. The third-order valence-corrected chi connectivity index (χ3v) is 7.03. The Bertz CT molecular complexity index is 1620. The largest absolute Gasteiger partial charge is 0.497 e. The minimum atomic E-state index is -4.13. The van der Waals surface area contributed by atoms with Crippen molar-refractivity contribution in [3.63, 3.8) is 0 Å². The molecule has 0 spiro atoms. The predicted molar refractivity (Wildman–Crippen MR) is 156 cm³/mol. The molecule has 0 aliphatic heterocycles. The molecule has 0 bridgehead atoms. The molecule has 1 aromatic heterocycles. The highest BCUT2D eigenvalue weighted by molar-refractivity contribution is 7.92. The Morgan fingerprint density at radius 1 is 0.925 bits per heavy atom. The average Bonchev–Trinajstić information content (AvgIpc) is 2.93. The molecular weight excluding hydrogens is 532 g/mol. The molecule has 40 heavy (non-hydrogen) atoms. The number of nitrogens with zero attached hydrogens (tertiary/aromatic N) is 3. The molecule has 3 N–H and O–H groups in total. The number of likely N-dealkylation sites (N-methyl/N-ethyl adjacent to an activating group) is 1. The fourth-order valence-electron chi connectivity index (χ4n) is 3.83. The van der Waals surface area contributed by atoms with Gasteiger partial charge in [-0.1, -0.05) is 24.3 Å². The van der Waals surface area contributed by atoms with Crippen molar-refractivity contribution in [1.82, 2.24) is 14.9 Å². The molecule has 11 nitrogen and oxygen atoms in total. The number of para-hydroxylation sites is 2. The first-order valence-corrected chi connectivity index (χ1v) is 13.7. The van der Waals surface area contributed by atoms with Gasteiger partial charge in [-0.2, -0.15) is 0 Å². The van der Waals surface area contributed by atoms with E-state index in [-0.39, 0.29) is 29.0 Å². The number of carbonyl (C=O) groups excluding carboxylic acids is 1. The van der Waals surface area contributed by atoms with Crippen LogP contribution in [-0.2, 0) is 14.8 Å². The number of methoxy groups -OCH3 is 2. The van der Waals surface area contributed by atoms with Crippen LogP contribution in [0, 0.1) is 0 Å². The van der Waals surface area contributed by atoms with Crippen molar-refractivity contribution in [2.24, 2.45) is 0 Å². The van der Waals surface area contributed by atoms with Gasteiger partial charge in [0.15, 0.2) is 11.6 Å². The van der Waals surface area contributed by atoms with Crippen LogP contribution in [-0.4, -0.2) is 63.5 Å². The summed E-state index contributed by atoms with van der Waals surface area (Å²) in [5, 5.41) is 5.85. The molecule has 0 aliphatic carbocycles. The van der Waals surface area contributed by atoms with Crippen LogP contribution in [0.3, 0.4) is 0 Å². The van der Waals surface area contributed by atoms with Gasteiger partial charge in [-0.3, -0.25) is 14.4 Å². The number of carbonyl (C=O) groups is 1. The number of rotatable bonds is 12. The molecule has 0 aliphatic rings. The first kappa shape index (κ1) is 28.3. The standard InChI is InChI=1S/C28H30N6O5S/c1-5-13-34(2)18-26(35)29-19-9-8-10-23(16-19)40(36,37)33-28-27(31-24-11-6-7-12-25(24)32-28)30-20-14-21(38-3)17-22(15-20)39-4/h5-12,14-17H,1,13,18H2,2-4H3,(H,29,35)(H,30,31)(H,32,33). The summed E-state index contributed by atoms with van der Waals surface area (Å²) in [6.45, 7) is 4.32. The molecule has 0 atom stereocenters. The highest BCUT2D eigenvalue weighted by Crippen LogP contribution is 2.31. The lowest BCUT2D eigenvalue weighted by Gasteiger charge is -2.16. The molecule has 0 saturated carbocycles. The van der Waals surface area contributed by atoms with E-state index >= 15 is 0 Å². The maximum Gasteiger partial charge on any atom is 0.263 e. The van der Waals surface area contributed by atoms with Crippen molar-refractivity contribution in [3.8, 4) is 11.5 Å². The van der Waals surface area contributed by atoms with Crippen LogP contribution in [0.15, 0.2) is 84.3 Å². The van der Waals surface area contributed by atoms with Crippen molar-refractivity contribution in [1.29, 1.82) is 0 Å². The minimum absolute atomic E-state index is 0.0130. The average molecular weight is 563 g/mol. The second-order valence-corrected chi connectivity index (χ2v) is 10.5. The van der Waals surface area contributed by atoms with Crippen molar-refractivity contribution < 1.29 is 22.7 Å². The Kier molecular flexibility index (Phi) is 8.82. The molecule has 0 radical (unpaired) electrons. The number of anilines is 4. The minimum Gasteiger partial charge on any atom is -0.497 e. The van der Waals surface area contributed by atoms with E-state index in [0.717, 1.165) is 0 Å². The van der Waals surface area contributed by atoms with Crippen LogP contribution >= 0.6 is 0 Å². The third kappa shape index (κ3) is 7.04. The SMILES string of the molecule is C=CCN(C)CC(=O)Nc1cccc(S(=O)(=O)Nc2nc3ccccc3nc2Nc2cc(OC)cc(OC)c2)c1. The van der Waals surface area contributed by atoms with Gasteiger partial charge in [-0.15, -0.1) is 6.58 Å². The van der Waals surface area contributed by atoms with E-state index < -0.39 is 10.0 Å². The van der Waals surface area contributed by atoms with Crippen LogP contribution < -0.4 is 24.8 Å². The monoisotopic (exact) mass is 562 g/mol. The van der Waals surface area contributed by atoms with Crippen LogP contribution in [0.1, 0.15) is 0 Å². The predicted octanol–water partition coefficient (Wildman–Crippen LogP) is 4.25. The number of ether oxygens (including phenoxy) is 2. The summed E-state index contributed by atoms with van der Waals surface area (Å²) in [6.07, 6.45) is 1.69. The number of aromatic nitrogens is 2. The van der Waals surface area contributed by atoms with Crippen molar-refractivity contribution in [3.05, 3.63) is 79.4 Å². The van der Waals surface area contributed by atoms with Crippen LogP contribution in [0.2, 0.25) is 0 Å². The van der Waals surface area contributed by atoms with E-state index in [1.807, 2.05) is 6.07 Å². The lowest BCUT2D eigenvalue weighted by molar-refractivity contribution is -0.116. The smallest absolute Gasteiger partial charge is 0.263 e. The molecule has 4 aromatic rings. The number of fused-ring (bicyclic) bond motifs is 1. The maximum absolute atomic E-state index is 13.5. The zero-order chi connectivity index (χ0) is 28.7. The van der Waals surface area contributed by atoms with Crippen LogP contribution in [0.5, 0.6) is 11.5 Å². The Labute approximate surface area is 232 Å². The molecule has 0 unspecified atom stereocenters. The lowest BCUT2D eigenvalue weighted by Crippen LogP contribution is -2.30. The molecule has 1 amide bonds. The molecule has 3 aromatic carbocycles. The normalized spacial score (nSPS) is 11.2. The van der Waals surface area contributed by atoms with Gasteiger partial charge in [0.05, 0.1) is 36.7 Å². The number of sulfonamides is 1. The van der Waals surface area contributed by atoms with E-state index in [4.69, 9.17) is 9.47 Å². The summed E-state index contributed by atoms with van der Waals surface area (Å²) in [5.41, 5.74) is 1.95. The number of nitrogens with one attached hydrogen (secondary N) is 3. The summed E-state index contributed by atoms with van der Waals surface area (Å²) < 4.78 is 40.2. The van der Waals surface area contributed by atoms with Gasteiger partial charge in [0.2, 0.25) is 5.91 Å². The summed E-state index contributed by atoms with van der Waals surface area (Å²) in [4.78, 5) is 23.2. The summed E-state index contributed by atoms with van der Waals surface area (Å²) in [6, 6.07) is 18.2. The topological polar surface area (TPSA) is 135 Å². The van der Waals surface area contributed by atoms with Gasteiger partial charge in [-0.05, 0) is 37.4 Å². The van der Waals surface area contributed by atoms with Crippen molar-refractivity contribution >= 4 is 50.0 Å². The Morgan fingerprint density at radius 3 is 2.20 bits per heavy atom. The second kappa shape index (κ2) is 12.5. The molecule has 208 valence electrons. The molecule has 4 rings (SSSR count). The Morgan fingerprint density at radius 2 is 1.57 bits per heavy atom. The van der Waals surface area contributed by atoms with Crippen LogP contribution in [0.25, 0.3) is 11.0 Å². The zero-order valence-electron chi connectivity index (χ0n) is 22.3. The molecule has 0 fully saturated rings. The van der Waals surface area contributed by atoms with Gasteiger partial charge in [-0.25, -0.2) is 18.4 Å². The fraction of sp³-hybridized carbons (Fsp3) is 0.179. The van der Waals surface area contributed by atoms with Crippen molar-refractivity contribution in [2.45, 2.75) is 4.90 Å². The van der Waals surface area contributed by atoms with Gasteiger partial charge < -0.3 is 20.1 Å². The Balaban J connectivity index is 1.65. The van der Waals surface area contributed by atoms with Crippen molar-refractivity contribution in [2.75, 3.05) is 49.7 Å². The van der Waals surface area contributed by atoms with E-state index in [9.17, 15) is 13.2 Å². The number of hydrogen-bond donors (Lipinski definition) is 3. The van der Waals surface area contributed by atoms with Gasteiger partial charge in [0.25, 0.3) is 10.0 Å². The quantitative estimate of drug-likeness (QED) is 0.217. The summed E-state index contributed by atoms with van der Waals surface area (Å²) in [5.74, 6) is 0.945. The van der Waals surface area contributed by atoms with E-state index in [2.05, 4.69) is 31.9 Å². The highest BCUT2D eigenvalue weighted by Gasteiger charge is 2.20. The number of benzene rings is 3. The van der Waals surface area contributed by atoms with Gasteiger partial charge in [0, 0.05) is 36.1 Å². The first-order valence-electron chi connectivity index (χ1n) is 12.2. The van der Waals surface area contributed by atoms with E-state index in [1.165, 1.54) is 26.4 Å². The summed E-state index contributed by atoms with van der Waals surface area (Å²) in [7, 11) is 0.716. The first-order chi connectivity index (χ1) is 19.2. The Hall–Kier alpha value is -4.68. The van der Waals surface area contributed by atoms with Gasteiger partial charge in [0.1, 0.15) is 11.5 Å². The number of amides is 1. The molecular formula is C28H30N6O5S. The lowest BCUT2D eigenvalue weighted by atomic mass is 10.2. The number of hydrogen-bond acceptors (Lipinski definition) is 9. The van der Waals surface area contributed by atoms with E-state index in [0.29, 0.717) is 40.5 Å². The maximum atomic E-state index is 13.5. The molecule has 1 heterocycles. The molecule has 0 saturated heterocycles. The highest BCUT2D eigenvalue weighted by atomic mass is 32.2. The second-order valence-electron chi connectivity index (χ2n) is 8.80. The molecule has 12 heteroatoms. The van der Waals surface area contributed by atoms with Crippen LogP contribution in [0.4, 0.5) is 23.0 Å².